The van der Waals surface area contributed by atoms with Gasteiger partial charge in [0.05, 0.1) is 10.7 Å². The largest absolute Gasteiger partial charge is 0.315 e. The number of hydrogen-bond acceptors (Lipinski definition) is 4. The van der Waals surface area contributed by atoms with Crippen molar-refractivity contribution in [1.82, 2.24) is 0 Å². The van der Waals surface area contributed by atoms with Gasteiger partial charge < -0.3 is 4.90 Å². The second kappa shape index (κ2) is 7.45. The van der Waals surface area contributed by atoms with Gasteiger partial charge in [-0.05, 0) is 25.0 Å². The molecule has 1 aromatic rings. The van der Waals surface area contributed by atoms with E-state index in [0.29, 0.717) is 16.7 Å². The molecule has 1 aliphatic rings. The molecule has 1 aromatic carbocycles. The van der Waals surface area contributed by atoms with Gasteiger partial charge in [0.1, 0.15) is 0 Å². The van der Waals surface area contributed by atoms with Gasteiger partial charge in [-0.2, -0.15) is 0 Å². The summed E-state index contributed by atoms with van der Waals surface area (Å²) in [4.78, 5) is 23.9. The maximum Gasteiger partial charge on any atom is 0.269 e. The topological polar surface area (TPSA) is 63.5 Å². The van der Waals surface area contributed by atoms with E-state index in [2.05, 4.69) is 0 Å². The van der Waals surface area contributed by atoms with Crippen LogP contribution in [0.25, 0.3) is 0 Å². The summed E-state index contributed by atoms with van der Waals surface area (Å²) in [5, 5.41) is 11.2. The van der Waals surface area contributed by atoms with Crippen molar-refractivity contribution in [2.45, 2.75) is 37.4 Å². The molecule has 1 amide bonds. The van der Waals surface area contributed by atoms with Crippen LogP contribution in [0.2, 0.25) is 0 Å². The first-order valence-electron chi connectivity index (χ1n) is 7.20. The molecule has 6 heteroatoms. The van der Waals surface area contributed by atoms with Gasteiger partial charge in [-0.1, -0.05) is 19.3 Å². The van der Waals surface area contributed by atoms with Gasteiger partial charge in [0, 0.05) is 30.1 Å². The van der Waals surface area contributed by atoms with Crippen molar-refractivity contribution < 1.29 is 9.72 Å². The summed E-state index contributed by atoms with van der Waals surface area (Å²) in [5.41, 5.74) is 0.728. The number of nitro groups is 1. The third kappa shape index (κ3) is 4.46. The zero-order chi connectivity index (χ0) is 15.2. The molecule has 0 atom stereocenters. The molecule has 21 heavy (non-hydrogen) atoms. The number of amides is 1. The fourth-order valence-corrected chi connectivity index (χ4v) is 3.70. The van der Waals surface area contributed by atoms with Gasteiger partial charge >= 0.3 is 0 Å². The number of rotatable bonds is 5. The molecule has 0 heterocycles. The van der Waals surface area contributed by atoms with Gasteiger partial charge in [-0.25, -0.2) is 0 Å². The lowest BCUT2D eigenvalue weighted by Gasteiger charge is -2.22. The van der Waals surface area contributed by atoms with Crippen LogP contribution in [0.15, 0.2) is 24.3 Å². The maximum absolute atomic E-state index is 12.2. The van der Waals surface area contributed by atoms with E-state index in [1.54, 1.807) is 35.8 Å². The Bertz CT molecular complexity index is 498. The molecular weight excluding hydrogens is 288 g/mol. The molecule has 0 aromatic heterocycles. The Kier molecular flexibility index (Phi) is 5.61. The predicted molar refractivity (Wildman–Crippen MR) is 85.8 cm³/mol. The van der Waals surface area contributed by atoms with Crippen molar-refractivity contribution in [3.8, 4) is 0 Å². The van der Waals surface area contributed by atoms with E-state index in [4.69, 9.17) is 0 Å². The van der Waals surface area contributed by atoms with Crippen LogP contribution < -0.4 is 4.90 Å². The lowest BCUT2D eigenvalue weighted by atomic mass is 10.0. The van der Waals surface area contributed by atoms with Gasteiger partial charge in [0.2, 0.25) is 5.91 Å². The van der Waals surface area contributed by atoms with Crippen LogP contribution in [0.4, 0.5) is 11.4 Å². The van der Waals surface area contributed by atoms with Crippen molar-refractivity contribution in [2.24, 2.45) is 0 Å². The van der Waals surface area contributed by atoms with Crippen LogP contribution in [0.3, 0.4) is 0 Å². The van der Waals surface area contributed by atoms with Crippen LogP contribution >= 0.6 is 11.8 Å². The number of carbonyl (C=O) groups excluding carboxylic acids is 1. The number of anilines is 1. The fourth-order valence-electron chi connectivity index (χ4n) is 2.46. The minimum Gasteiger partial charge on any atom is -0.315 e. The minimum atomic E-state index is -0.440. The van der Waals surface area contributed by atoms with E-state index < -0.39 is 4.92 Å². The molecule has 0 saturated heterocycles. The van der Waals surface area contributed by atoms with Crippen molar-refractivity contribution in [3.63, 3.8) is 0 Å². The van der Waals surface area contributed by atoms with Crippen molar-refractivity contribution in [3.05, 3.63) is 34.4 Å². The lowest BCUT2D eigenvalue weighted by Crippen LogP contribution is -2.28. The SMILES string of the molecule is CN(C(=O)CSC1CCCCC1)c1ccc([N+](=O)[O-])cc1. The Morgan fingerprint density at radius 2 is 1.90 bits per heavy atom. The predicted octanol–water partition coefficient (Wildman–Crippen LogP) is 3.62. The van der Waals surface area contributed by atoms with Crippen LogP contribution in [0.1, 0.15) is 32.1 Å². The van der Waals surface area contributed by atoms with E-state index in [-0.39, 0.29) is 11.6 Å². The summed E-state index contributed by atoms with van der Waals surface area (Å²) in [6.07, 6.45) is 6.26. The van der Waals surface area contributed by atoms with Crippen molar-refractivity contribution in [2.75, 3.05) is 17.7 Å². The van der Waals surface area contributed by atoms with Crippen molar-refractivity contribution in [1.29, 1.82) is 0 Å². The van der Waals surface area contributed by atoms with Gasteiger partial charge in [0.25, 0.3) is 5.69 Å². The highest BCUT2D eigenvalue weighted by atomic mass is 32.2. The Labute approximate surface area is 128 Å². The zero-order valence-corrected chi connectivity index (χ0v) is 13.0. The summed E-state index contributed by atoms with van der Waals surface area (Å²) < 4.78 is 0. The summed E-state index contributed by atoms with van der Waals surface area (Å²) in [7, 11) is 1.71. The molecule has 2 rings (SSSR count). The van der Waals surface area contributed by atoms with Gasteiger partial charge in [0.15, 0.2) is 0 Å². The number of nitrogens with zero attached hydrogens (tertiary/aromatic N) is 2. The number of thioether (sulfide) groups is 1. The average Bonchev–Trinajstić information content (AvgIpc) is 2.53. The molecule has 0 aliphatic heterocycles. The average molecular weight is 308 g/mol. The molecule has 0 spiro atoms. The van der Waals surface area contributed by atoms with E-state index in [1.807, 2.05) is 0 Å². The molecule has 114 valence electrons. The quantitative estimate of drug-likeness (QED) is 0.615. The second-order valence-corrected chi connectivity index (χ2v) is 6.59. The first-order valence-corrected chi connectivity index (χ1v) is 8.25. The monoisotopic (exact) mass is 308 g/mol. The number of non-ortho nitro benzene ring substituents is 1. The Morgan fingerprint density at radius 1 is 1.29 bits per heavy atom. The maximum atomic E-state index is 12.2. The molecule has 0 unspecified atom stereocenters. The first-order chi connectivity index (χ1) is 10.1. The summed E-state index contributed by atoms with van der Waals surface area (Å²) >= 11 is 1.74. The fraction of sp³-hybridized carbons (Fsp3) is 0.533. The number of benzene rings is 1. The molecular formula is C15H20N2O3S. The van der Waals surface area contributed by atoms with E-state index in [1.165, 1.54) is 44.2 Å². The third-order valence-electron chi connectivity index (χ3n) is 3.82. The molecule has 1 saturated carbocycles. The second-order valence-electron chi connectivity index (χ2n) is 5.30. The van der Waals surface area contributed by atoms with E-state index in [0.717, 1.165) is 0 Å². The number of hydrogen-bond donors (Lipinski definition) is 0. The number of carbonyl (C=O) groups is 1. The Morgan fingerprint density at radius 3 is 2.48 bits per heavy atom. The first kappa shape index (κ1) is 15.8. The standard InChI is InChI=1S/C15H20N2O3S/c1-16(12-7-9-13(10-8-12)17(19)20)15(18)11-21-14-5-3-2-4-6-14/h7-10,14H,2-6,11H2,1H3. The molecule has 5 nitrogen and oxygen atoms in total. The Hall–Kier alpha value is -1.56. The van der Waals surface area contributed by atoms with Crippen LogP contribution in [0.5, 0.6) is 0 Å². The van der Waals surface area contributed by atoms with E-state index >= 15 is 0 Å². The van der Waals surface area contributed by atoms with Crippen molar-refractivity contribution >= 4 is 29.0 Å². The highest BCUT2D eigenvalue weighted by molar-refractivity contribution is 8.00. The van der Waals surface area contributed by atoms with E-state index in [9.17, 15) is 14.9 Å². The third-order valence-corrected chi connectivity index (χ3v) is 5.17. The van der Waals surface area contributed by atoms with Gasteiger partial charge in [-0.15, -0.1) is 11.8 Å². The zero-order valence-electron chi connectivity index (χ0n) is 12.2. The number of nitro benzene ring substituents is 1. The Balaban J connectivity index is 1.87. The molecule has 1 aliphatic carbocycles. The normalized spacial score (nSPS) is 15.7. The minimum absolute atomic E-state index is 0.0381. The molecule has 0 radical (unpaired) electrons. The summed E-state index contributed by atoms with van der Waals surface area (Å²) in [5.74, 6) is 0.512. The summed E-state index contributed by atoms with van der Waals surface area (Å²) in [6.45, 7) is 0. The lowest BCUT2D eigenvalue weighted by molar-refractivity contribution is -0.384. The van der Waals surface area contributed by atoms with Crippen LogP contribution in [-0.2, 0) is 4.79 Å². The molecule has 0 bridgehead atoms. The van der Waals surface area contributed by atoms with Crippen LogP contribution in [0, 0.1) is 10.1 Å². The summed E-state index contributed by atoms with van der Waals surface area (Å²) in [6, 6.07) is 6.07. The highest BCUT2D eigenvalue weighted by Gasteiger charge is 2.18. The smallest absolute Gasteiger partial charge is 0.269 e. The highest BCUT2D eigenvalue weighted by Crippen LogP contribution is 2.28. The molecule has 0 N–H and O–H groups in total. The van der Waals surface area contributed by atoms with Gasteiger partial charge in [-0.3, -0.25) is 14.9 Å². The molecule has 1 fully saturated rings. The van der Waals surface area contributed by atoms with Crippen LogP contribution in [-0.4, -0.2) is 28.9 Å².